The van der Waals surface area contributed by atoms with Gasteiger partial charge < -0.3 is 16.0 Å². The predicted octanol–water partition coefficient (Wildman–Crippen LogP) is 1.32. The number of hydrogen-bond donors (Lipinski definition) is 2. The van der Waals surface area contributed by atoms with Crippen LogP contribution in [0.4, 0.5) is 11.5 Å². The largest absolute Gasteiger partial charge is 0.394 e. The minimum atomic E-state index is 0.457. The zero-order chi connectivity index (χ0) is 13.0. The Kier molecular flexibility index (Phi) is 4.81. The molecule has 98 valence electrons. The number of rotatable bonds is 6. The average Bonchev–Trinajstić information content (AvgIpc) is 2.52. The lowest BCUT2D eigenvalue weighted by Gasteiger charge is -2.20. The van der Waals surface area contributed by atoms with Crippen molar-refractivity contribution in [1.82, 2.24) is 14.7 Å². The Morgan fingerprint density at radius 2 is 2.12 bits per heavy atom. The summed E-state index contributed by atoms with van der Waals surface area (Å²) in [7, 11) is 6.07. The van der Waals surface area contributed by atoms with E-state index in [2.05, 4.69) is 43.3 Å². The molecule has 1 aromatic heterocycles. The van der Waals surface area contributed by atoms with Crippen LogP contribution in [0.5, 0.6) is 0 Å². The maximum atomic E-state index is 6.09. The molecule has 0 saturated carbocycles. The number of likely N-dealkylation sites (N-methyl/N-ethyl adjacent to an activating group) is 1. The van der Waals surface area contributed by atoms with Crippen molar-refractivity contribution in [1.29, 1.82) is 0 Å². The zero-order valence-electron chi connectivity index (χ0n) is 11.6. The second-order valence-electron chi connectivity index (χ2n) is 4.78. The van der Waals surface area contributed by atoms with Gasteiger partial charge in [-0.15, -0.1) is 0 Å². The van der Waals surface area contributed by atoms with E-state index in [0.717, 1.165) is 36.6 Å². The molecular weight excluding hydrogens is 214 g/mol. The number of anilines is 2. The molecule has 0 saturated heterocycles. The summed E-state index contributed by atoms with van der Waals surface area (Å²) in [5, 5.41) is 7.81. The molecule has 0 amide bonds. The molecule has 5 heteroatoms. The van der Waals surface area contributed by atoms with Crippen molar-refractivity contribution < 1.29 is 0 Å². The highest BCUT2D eigenvalue weighted by Crippen LogP contribution is 2.22. The van der Waals surface area contributed by atoms with Crippen LogP contribution in [-0.2, 0) is 13.5 Å². The topological polar surface area (TPSA) is 59.1 Å². The molecule has 0 spiro atoms. The van der Waals surface area contributed by atoms with E-state index >= 15 is 0 Å². The van der Waals surface area contributed by atoms with E-state index < -0.39 is 0 Å². The van der Waals surface area contributed by atoms with Crippen LogP contribution in [0.2, 0.25) is 0 Å². The van der Waals surface area contributed by atoms with Crippen molar-refractivity contribution in [2.24, 2.45) is 7.05 Å². The van der Waals surface area contributed by atoms with E-state index in [0.29, 0.717) is 6.04 Å². The second-order valence-corrected chi connectivity index (χ2v) is 4.78. The lowest BCUT2D eigenvalue weighted by atomic mass is 10.2. The molecule has 1 heterocycles. The molecular formula is C12H25N5. The van der Waals surface area contributed by atoms with Crippen molar-refractivity contribution >= 4 is 11.5 Å². The molecule has 1 aromatic rings. The van der Waals surface area contributed by atoms with Crippen molar-refractivity contribution in [2.75, 3.05) is 31.7 Å². The summed E-state index contributed by atoms with van der Waals surface area (Å²) in [6.07, 6.45) is 2.00. The first-order chi connectivity index (χ1) is 7.97. The van der Waals surface area contributed by atoms with Gasteiger partial charge >= 0.3 is 0 Å². The van der Waals surface area contributed by atoms with Gasteiger partial charge in [-0.1, -0.05) is 13.3 Å². The molecule has 0 aromatic carbocycles. The van der Waals surface area contributed by atoms with Gasteiger partial charge in [0.1, 0.15) is 5.82 Å². The number of aryl methyl sites for hydroxylation is 2. The smallest absolute Gasteiger partial charge is 0.147 e. The quantitative estimate of drug-likeness (QED) is 0.786. The Hall–Kier alpha value is -1.23. The molecule has 0 aliphatic heterocycles. The SMILES string of the molecule is CCCc1nn(C)c(NCC(C)N(C)C)c1N. The van der Waals surface area contributed by atoms with Crippen LogP contribution in [-0.4, -0.2) is 41.4 Å². The van der Waals surface area contributed by atoms with Crippen LogP contribution in [0, 0.1) is 0 Å². The number of aromatic nitrogens is 2. The molecule has 5 nitrogen and oxygen atoms in total. The molecule has 1 rings (SSSR count). The molecule has 0 fully saturated rings. The normalized spacial score (nSPS) is 13.1. The molecule has 3 N–H and O–H groups in total. The van der Waals surface area contributed by atoms with E-state index in [1.807, 2.05) is 11.7 Å². The third-order valence-electron chi connectivity index (χ3n) is 3.09. The van der Waals surface area contributed by atoms with Gasteiger partial charge in [-0.2, -0.15) is 5.10 Å². The lowest BCUT2D eigenvalue weighted by Crippen LogP contribution is -2.32. The summed E-state index contributed by atoms with van der Waals surface area (Å²) in [5.74, 6) is 0.933. The van der Waals surface area contributed by atoms with Gasteiger partial charge in [0.25, 0.3) is 0 Å². The summed E-state index contributed by atoms with van der Waals surface area (Å²) < 4.78 is 1.84. The van der Waals surface area contributed by atoms with Crippen LogP contribution in [0.25, 0.3) is 0 Å². The number of nitrogens with zero attached hydrogens (tertiary/aromatic N) is 3. The monoisotopic (exact) mass is 239 g/mol. The number of hydrogen-bond acceptors (Lipinski definition) is 4. The first kappa shape index (κ1) is 13.8. The third-order valence-corrected chi connectivity index (χ3v) is 3.09. The standard InChI is InChI=1S/C12H25N5/c1-6-7-10-11(13)12(17(5)15-10)14-8-9(2)16(3)4/h9,14H,6-8,13H2,1-5H3. The first-order valence-electron chi connectivity index (χ1n) is 6.19. The first-order valence-corrected chi connectivity index (χ1v) is 6.19. The molecule has 1 atom stereocenters. The Bertz CT molecular complexity index is 356. The highest BCUT2D eigenvalue weighted by molar-refractivity contribution is 5.65. The lowest BCUT2D eigenvalue weighted by molar-refractivity contribution is 0.325. The maximum absolute atomic E-state index is 6.09. The van der Waals surface area contributed by atoms with E-state index in [9.17, 15) is 0 Å². The van der Waals surface area contributed by atoms with Gasteiger partial charge in [0.2, 0.25) is 0 Å². The molecule has 1 unspecified atom stereocenters. The number of nitrogen functional groups attached to an aromatic ring is 1. The van der Waals surface area contributed by atoms with Gasteiger partial charge in [-0.3, -0.25) is 4.68 Å². The fourth-order valence-electron chi connectivity index (χ4n) is 1.65. The molecule has 17 heavy (non-hydrogen) atoms. The van der Waals surface area contributed by atoms with Crippen LogP contribution >= 0.6 is 0 Å². The minimum Gasteiger partial charge on any atom is -0.394 e. The Morgan fingerprint density at radius 3 is 2.65 bits per heavy atom. The predicted molar refractivity (Wildman–Crippen MR) is 73.3 cm³/mol. The van der Waals surface area contributed by atoms with E-state index in [1.165, 1.54) is 0 Å². The fourth-order valence-corrected chi connectivity index (χ4v) is 1.65. The summed E-state index contributed by atoms with van der Waals surface area (Å²) in [5.41, 5.74) is 7.88. The van der Waals surface area contributed by atoms with Crippen molar-refractivity contribution in [2.45, 2.75) is 32.7 Å². The van der Waals surface area contributed by atoms with Gasteiger partial charge in [0, 0.05) is 19.6 Å². The third kappa shape index (κ3) is 3.36. The average molecular weight is 239 g/mol. The molecule has 0 bridgehead atoms. The van der Waals surface area contributed by atoms with Gasteiger partial charge in [-0.25, -0.2) is 0 Å². The summed E-state index contributed by atoms with van der Waals surface area (Å²) in [6.45, 7) is 5.17. The summed E-state index contributed by atoms with van der Waals surface area (Å²) in [6, 6.07) is 0.457. The van der Waals surface area contributed by atoms with E-state index in [-0.39, 0.29) is 0 Å². The summed E-state index contributed by atoms with van der Waals surface area (Å²) in [4.78, 5) is 2.17. The van der Waals surface area contributed by atoms with Crippen LogP contribution in [0.15, 0.2) is 0 Å². The van der Waals surface area contributed by atoms with Crippen LogP contribution in [0.3, 0.4) is 0 Å². The number of nitrogens with two attached hydrogens (primary N) is 1. The van der Waals surface area contributed by atoms with Gasteiger partial charge in [0.15, 0.2) is 0 Å². The second kappa shape index (κ2) is 5.91. The molecule has 0 aliphatic carbocycles. The Balaban J connectivity index is 2.71. The number of nitrogens with one attached hydrogen (secondary N) is 1. The van der Waals surface area contributed by atoms with E-state index in [4.69, 9.17) is 5.73 Å². The summed E-state index contributed by atoms with van der Waals surface area (Å²) >= 11 is 0. The van der Waals surface area contributed by atoms with Crippen molar-refractivity contribution in [3.05, 3.63) is 5.69 Å². The fraction of sp³-hybridized carbons (Fsp3) is 0.750. The molecule has 0 radical (unpaired) electrons. The Morgan fingerprint density at radius 1 is 1.47 bits per heavy atom. The van der Waals surface area contributed by atoms with Crippen LogP contribution in [0.1, 0.15) is 26.0 Å². The highest BCUT2D eigenvalue weighted by Gasteiger charge is 2.13. The maximum Gasteiger partial charge on any atom is 0.147 e. The Labute approximate surface area is 104 Å². The molecule has 0 aliphatic rings. The zero-order valence-corrected chi connectivity index (χ0v) is 11.6. The van der Waals surface area contributed by atoms with Gasteiger partial charge in [-0.05, 0) is 27.4 Å². The van der Waals surface area contributed by atoms with Gasteiger partial charge in [0.05, 0.1) is 11.4 Å². The van der Waals surface area contributed by atoms with Crippen molar-refractivity contribution in [3.8, 4) is 0 Å². The van der Waals surface area contributed by atoms with Crippen molar-refractivity contribution in [3.63, 3.8) is 0 Å². The van der Waals surface area contributed by atoms with Crippen LogP contribution < -0.4 is 11.1 Å². The minimum absolute atomic E-state index is 0.457. The highest BCUT2D eigenvalue weighted by atomic mass is 15.3. The van der Waals surface area contributed by atoms with E-state index in [1.54, 1.807) is 0 Å².